The summed E-state index contributed by atoms with van der Waals surface area (Å²) in [5, 5.41) is 0. The minimum absolute atomic E-state index is 0.124. The van der Waals surface area contributed by atoms with Gasteiger partial charge in [-0.1, -0.05) is 30.3 Å². The van der Waals surface area contributed by atoms with E-state index >= 15 is 0 Å². The number of fused-ring (bicyclic) bond motifs is 2. The zero-order valence-electron chi connectivity index (χ0n) is 19.3. The van der Waals surface area contributed by atoms with Gasteiger partial charge in [-0.15, -0.1) is 0 Å². The zero-order valence-corrected chi connectivity index (χ0v) is 19.3. The van der Waals surface area contributed by atoms with E-state index in [-0.39, 0.29) is 18.1 Å². The number of methoxy groups -OCH3 is 2. The Kier molecular flexibility index (Phi) is 5.74. The molecule has 5 rings (SSSR count). The number of benzene rings is 3. The Morgan fingerprint density at radius 1 is 0.686 bits per heavy atom. The van der Waals surface area contributed by atoms with Gasteiger partial charge in [-0.05, 0) is 48.5 Å². The summed E-state index contributed by atoms with van der Waals surface area (Å²) in [6.07, 6.45) is 2.64. The predicted molar refractivity (Wildman–Crippen MR) is 129 cm³/mol. The number of rotatable bonds is 5. The second-order valence-corrected chi connectivity index (χ2v) is 8.06. The molecule has 7 nitrogen and oxygen atoms in total. The fourth-order valence-corrected chi connectivity index (χ4v) is 4.05. The van der Waals surface area contributed by atoms with Crippen molar-refractivity contribution in [2.24, 2.45) is 0 Å². The number of imide groups is 1. The molecule has 2 heterocycles. The van der Waals surface area contributed by atoms with Crippen LogP contribution < -0.4 is 9.47 Å². The van der Waals surface area contributed by atoms with Crippen molar-refractivity contribution in [1.82, 2.24) is 4.90 Å². The van der Waals surface area contributed by atoms with E-state index in [2.05, 4.69) is 0 Å². The van der Waals surface area contributed by atoms with Crippen molar-refractivity contribution in [3.05, 3.63) is 108 Å². The molecule has 0 spiro atoms. The fraction of sp³-hybridized carbons (Fsp3) is 0.143. The quantitative estimate of drug-likeness (QED) is 0.517. The third-order valence-corrected chi connectivity index (χ3v) is 5.92. The highest BCUT2D eigenvalue weighted by Gasteiger charge is 2.47. The summed E-state index contributed by atoms with van der Waals surface area (Å²) in [4.78, 5) is 27.6. The van der Waals surface area contributed by atoms with E-state index in [0.717, 1.165) is 4.90 Å². The number of nitrogens with zero attached hydrogens (tertiary/aromatic N) is 1. The maximum atomic E-state index is 13.2. The summed E-state index contributed by atoms with van der Waals surface area (Å²) in [6, 6.07) is 23.5. The normalized spacial score (nSPS) is 16.7. The number of hydrogen-bond donors (Lipinski definition) is 0. The lowest BCUT2D eigenvalue weighted by molar-refractivity contribution is -0.174. The summed E-state index contributed by atoms with van der Waals surface area (Å²) < 4.78 is 23.6. The highest BCUT2D eigenvalue weighted by atomic mass is 16.7. The molecule has 0 N–H and O–H groups in total. The molecule has 0 unspecified atom stereocenters. The van der Waals surface area contributed by atoms with Crippen LogP contribution in [0, 0.1) is 0 Å². The minimum Gasteiger partial charge on any atom is -0.497 e. The molecule has 2 aliphatic rings. The first-order chi connectivity index (χ1) is 17.0. The Hall–Kier alpha value is -4.52. The van der Waals surface area contributed by atoms with Crippen molar-refractivity contribution in [1.29, 1.82) is 0 Å². The standard InChI is InChI=1S/C28H23NO6/c1-32-22-12-8-19(9-13-22)24-16-26(30)29-18-28(34-24,21-6-4-3-5-7-21)35-25(17-27(29)31)20-10-14-23(33-2)15-11-20/h3-17H,18H2,1-2H3. The molecular formula is C28H23NO6. The average molecular weight is 469 g/mol. The van der Waals surface area contributed by atoms with Gasteiger partial charge in [0.05, 0.1) is 14.2 Å². The molecule has 35 heavy (non-hydrogen) atoms. The zero-order chi connectivity index (χ0) is 24.4. The van der Waals surface area contributed by atoms with E-state index in [4.69, 9.17) is 18.9 Å². The monoisotopic (exact) mass is 469 g/mol. The lowest BCUT2D eigenvalue weighted by Gasteiger charge is -2.35. The summed E-state index contributed by atoms with van der Waals surface area (Å²) in [5.74, 6) is -0.550. The summed E-state index contributed by atoms with van der Waals surface area (Å²) in [7, 11) is 3.16. The van der Waals surface area contributed by atoms with Gasteiger partial charge in [-0.2, -0.15) is 0 Å². The Balaban J connectivity index is 1.64. The number of ether oxygens (including phenoxy) is 4. The molecule has 0 aliphatic carbocycles. The van der Waals surface area contributed by atoms with Crippen molar-refractivity contribution in [2.75, 3.05) is 20.8 Å². The lowest BCUT2D eigenvalue weighted by Crippen LogP contribution is -2.45. The van der Waals surface area contributed by atoms with Crippen LogP contribution >= 0.6 is 0 Å². The van der Waals surface area contributed by atoms with Crippen molar-refractivity contribution in [3.8, 4) is 11.5 Å². The van der Waals surface area contributed by atoms with Crippen LogP contribution in [-0.4, -0.2) is 37.5 Å². The average Bonchev–Trinajstić information content (AvgIpc) is 3.16. The van der Waals surface area contributed by atoms with Crippen LogP contribution in [0.4, 0.5) is 0 Å². The lowest BCUT2D eigenvalue weighted by atomic mass is 10.0. The first kappa shape index (κ1) is 22.3. The third-order valence-electron chi connectivity index (χ3n) is 5.92. The van der Waals surface area contributed by atoms with Crippen LogP contribution in [-0.2, 0) is 24.8 Å². The summed E-state index contributed by atoms with van der Waals surface area (Å²) in [6.45, 7) is -0.124. The molecule has 3 aromatic carbocycles. The first-order valence-electron chi connectivity index (χ1n) is 11.0. The van der Waals surface area contributed by atoms with Gasteiger partial charge < -0.3 is 18.9 Å². The molecular weight excluding hydrogens is 446 g/mol. The third kappa shape index (κ3) is 4.24. The Labute approximate surface area is 202 Å². The molecule has 2 bridgehead atoms. The van der Waals surface area contributed by atoms with Crippen molar-refractivity contribution in [3.63, 3.8) is 0 Å². The van der Waals surface area contributed by atoms with Gasteiger partial charge in [0.2, 0.25) is 0 Å². The molecule has 2 amide bonds. The predicted octanol–water partition coefficient (Wildman–Crippen LogP) is 4.35. The number of hydrogen-bond acceptors (Lipinski definition) is 6. The van der Waals surface area contributed by atoms with Crippen LogP contribution in [0.1, 0.15) is 16.7 Å². The van der Waals surface area contributed by atoms with Gasteiger partial charge in [0.15, 0.2) is 0 Å². The molecule has 0 saturated carbocycles. The highest BCUT2D eigenvalue weighted by Crippen LogP contribution is 2.42. The molecule has 7 heteroatoms. The van der Waals surface area contributed by atoms with Gasteiger partial charge in [0.25, 0.3) is 17.6 Å². The van der Waals surface area contributed by atoms with Gasteiger partial charge >= 0.3 is 0 Å². The van der Waals surface area contributed by atoms with Crippen molar-refractivity contribution < 1.29 is 28.5 Å². The fourth-order valence-electron chi connectivity index (χ4n) is 4.05. The second kappa shape index (κ2) is 9.02. The molecule has 3 aromatic rings. The van der Waals surface area contributed by atoms with Crippen LogP contribution in [0.25, 0.3) is 11.5 Å². The van der Waals surface area contributed by atoms with Gasteiger partial charge in [-0.25, -0.2) is 0 Å². The van der Waals surface area contributed by atoms with E-state index in [1.165, 1.54) is 12.2 Å². The largest absolute Gasteiger partial charge is 0.497 e. The number of carbonyl (C=O) groups excluding carboxylic acids is 2. The molecule has 0 aromatic heterocycles. The van der Waals surface area contributed by atoms with Gasteiger partial charge in [0, 0.05) is 28.8 Å². The Morgan fingerprint density at radius 2 is 1.14 bits per heavy atom. The van der Waals surface area contributed by atoms with E-state index in [1.54, 1.807) is 62.8 Å². The van der Waals surface area contributed by atoms with Crippen LogP contribution in [0.5, 0.6) is 11.5 Å². The summed E-state index contributed by atoms with van der Waals surface area (Å²) >= 11 is 0. The van der Waals surface area contributed by atoms with E-state index in [0.29, 0.717) is 28.2 Å². The number of carbonyl (C=O) groups is 2. The molecule has 2 aliphatic heterocycles. The van der Waals surface area contributed by atoms with Crippen LogP contribution in [0.2, 0.25) is 0 Å². The van der Waals surface area contributed by atoms with E-state index in [1.807, 2.05) is 30.3 Å². The van der Waals surface area contributed by atoms with E-state index in [9.17, 15) is 9.59 Å². The molecule has 0 fully saturated rings. The van der Waals surface area contributed by atoms with Crippen molar-refractivity contribution >= 4 is 23.3 Å². The van der Waals surface area contributed by atoms with E-state index < -0.39 is 17.6 Å². The minimum atomic E-state index is -1.48. The highest BCUT2D eigenvalue weighted by molar-refractivity contribution is 6.09. The van der Waals surface area contributed by atoms with Gasteiger partial charge in [-0.3, -0.25) is 14.5 Å². The first-order valence-corrected chi connectivity index (χ1v) is 11.0. The SMILES string of the molecule is COc1ccc(C2=CC(=O)N3CC(c4ccccc4)(O2)OC(c2ccc(OC)cc2)=CC3=O)cc1. The smallest absolute Gasteiger partial charge is 0.296 e. The Bertz CT molecular complexity index is 1230. The molecule has 0 radical (unpaired) electrons. The van der Waals surface area contributed by atoms with Crippen LogP contribution in [0.3, 0.4) is 0 Å². The van der Waals surface area contributed by atoms with Crippen LogP contribution in [0.15, 0.2) is 91.0 Å². The summed E-state index contributed by atoms with van der Waals surface area (Å²) in [5.41, 5.74) is 1.95. The molecule has 0 saturated heterocycles. The second-order valence-electron chi connectivity index (χ2n) is 8.06. The van der Waals surface area contributed by atoms with Crippen molar-refractivity contribution in [2.45, 2.75) is 5.79 Å². The maximum Gasteiger partial charge on any atom is 0.296 e. The number of amides is 2. The molecule has 0 atom stereocenters. The van der Waals surface area contributed by atoms with Gasteiger partial charge in [0.1, 0.15) is 29.6 Å². The molecule has 176 valence electrons. The maximum absolute atomic E-state index is 13.2. The topological polar surface area (TPSA) is 74.3 Å². The Morgan fingerprint density at radius 3 is 1.57 bits per heavy atom.